The van der Waals surface area contributed by atoms with E-state index in [0.29, 0.717) is 0 Å². The molecule has 0 unspecified atom stereocenters. The Morgan fingerprint density at radius 1 is 1.05 bits per heavy atom. The highest BCUT2D eigenvalue weighted by atomic mass is 16.5. The molecule has 1 heterocycles. The zero-order valence-electron chi connectivity index (χ0n) is 12.2. The Morgan fingerprint density at radius 3 is 2.71 bits per heavy atom. The van der Waals surface area contributed by atoms with Crippen molar-refractivity contribution in [3.05, 3.63) is 60.3 Å². The lowest BCUT2D eigenvalue weighted by molar-refractivity contribution is 0.317. The van der Waals surface area contributed by atoms with Crippen LogP contribution in [0.3, 0.4) is 0 Å². The first-order chi connectivity index (χ1) is 10.4. The van der Waals surface area contributed by atoms with Gasteiger partial charge in [-0.15, -0.1) is 0 Å². The van der Waals surface area contributed by atoms with Gasteiger partial charge >= 0.3 is 0 Å². The van der Waals surface area contributed by atoms with E-state index in [-0.39, 0.29) is 0 Å². The summed E-state index contributed by atoms with van der Waals surface area (Å²) in [5.41, 5.74) is 3.57. The Morgan fingerprint density at radius 2 is 1.90 bits per heavy atom. The molecule has 2 aromatic carbocycles. The maximum atomic E-state index is 5.59. The SMILES string of the molecule is CCCOc1ccc(NCc2cccc3[nH]ccc23)cc1. The number of aromatic amines is 1. The number of nitrogens with one attached hydrogen (secondary N) is 2. The maximum Gasteiger partial charge on any atom is 0.119 e. The minimum absolute atomic E-state index is 0.766. The monoisotopic (exact) mass is 280 g/mol. The summed E-state index contributed by atoms with van der Waals surface area (Å²) in [6.45, 7) is 3.68. The summed E-state index contributed by atoms with van der Waals surface area (Å²) in [5.74, 6) is 0.926. The summed E-state index contributed by atoms with van der Waals surface area (Å²) in [6.07, 6.45) is 3.01. The van der Waals surface area contributed by atoms with Gasteiger partial charge in [0.15, 0.2) is 0 Å². The fourth-order valence-corrected chi connectivity index (χ4v) is 2.39. The van der Waals surface area contributed by atoms with Crippen LogP contribution in [0, 0.1) is 0 Å². The Hall–Kier alpha value is -2.42. The number of hydrogen-bond acceptors (Lipinski definition) is 2. The summed E-state index contributed by atoms with van der Waals surface area (Å²) < 4.78 is 5.59. The molecule has 0 saturated heterocycles. The van der Waals surface area contributed by atoms with Crippen LogP contribution in [0.1, 0.15) is 18.9 Å². The molecule has 0 bridgehead atoms. The molecule has 3 heteroatoms. The van der Waals surface area contributed by atoms with Crippen LogP contribution < -0.4 is 10.1 Å². The molecule has 0 aliphatic rings. The highest BCUT2D eigenvalue weighted by Crippen LogP contribution is 2.20. The smallest absolute Gasteiger partial charge is 0.119 e. The van der Waals surface area contributed by atoms with E-state index in [1.54, 1.807) is 0 Å². The number of ether oxygens (including phenoxy) is 1. The van der Waals surface area contributed by atoms with Crippen molar-refractivity contribution in [2.24, 2.45) is 0 Å². The van der Waals surface area contributed by atoms with Crippen LogP contribution in [0.4, 0.5) is 5.69 Å². The predicted molar refractivity (Wildman–Crippen MR) is 87.9 cm³/mol. The highest BCUT2D eigenvalue weighted by Gasteiger charge is 2.01. The number of fused-ring (bicyclic) bond motifs is 1. The zero-order chi connectivity index (χ0) is 14.5. The fourth-order valence-electron chi connectivity index (χ4n) is 2.39. The van der Waals surface area contributed by atoms with Gasteiger partial charge in [0.25, 0.3) is 0 Å². The molecular formula is C18H20N2O. The molecule has 1 aromatic heterocycles. The second-order valence-electron chi connectivity index (χ2n) is 5.08. The molecule has 3 rings (SSSR count). The largest absolute Gasteiger partial charge is 0.494 e. The van der Waals surface area contributed by atoms with Crippen molar-refractivity contribution in [2.45, 2.75) is 19.9 Å². The lowest BCUT2D eigenvalue weighted by Gasteiger charge is -2.09. The molecule has 0 atom stereocenters. The molecule has 21 heavy (non-hydrogen) atoms. The van der Waals surface area contributed by atoms with Crippen molar-refractivity contribution < 1.29 is 4.74 Å². The first kappa shape index (κ1) is 13.6. The van der Waals surface area contributed by atoms with Crippen LogP contribution >= 0.6 is 0 Å². The van der Waals surface area contributed by atoms with Gasteiger partial charge in [-0.1, -0.05) is 19.1 Å². The van der Waals surface area contributed by atoms with E-state index in [1.807, 2.05) is 18.3 Å². The molecule has 2 N–H and O–H groups in total. The van der Waals surface area contributed by atoms with Gasteiger partial charge in [0.1, 0.15) is 5.75 Å². The molecule has 0 spiro atoms. The number of anilines is 1. The number of rotatable bonds is 6. The summed E-state index contributed by atoms with van der Waals surface area (Å²) in [4.78, 5) is 3.24. The Bertz CT molecular complexity index is 701. The summed E-state index contributed by atoms with van der Waals surface area (Å²) >= 11 is 0. The van der Waals surface area contributed by atoms with E-state index in [2.05, 4.69) is 53.6 Å². The molecule has 0 aliphatic heterocycles. The maximum absolute atomic E-state index is 5.59. The Labute approximate surface area is 125 Å². The number of aromatic nitrogens is 1. The van der Waals surface area contributed by atoms with Gasteiger partial charge < -0.3 is 15.0 Å². The molecule has 0 saturated carbocycles. The topological polar surface area (TPSA) is 37.0 Å². The molecule has 0 aliphatic carbocycles. The zero-order valence-corrected chi connectivity index (χ0v) is 12.2. The molecule has 3 nitrogen and oxygen atoms in total. The number of benzene rings is 2. The van der Waals surface area contributed by atoms with Crippen LogP contribution in [0.15, 0.2) is 54.7 Å². The number of H-pyrrole nitrogens is 1. The quantitative estimate of drug-likeness (QED) is 0.694. The van der Waals surface area contributed by atoms with E-state index in [1.165, 1.54) is 16.5 Å². The fraction of sp³-hybridized carbons (Fsp3) is 0.222. The first-order valence-electron chi connectivity index (χ1n) is 7.38. The molecule has 0 radical (unpaired) electrons. The van der Waals surface area contributed by atoms with Crippen LogP contribution in [-0.4, -0.2) is 11.6 Å². The summed E-state index contributed by atoms with van der Waals surface area (Å²) in [5, 5.41) is 4.73. The number of hydrogen-bond donors (Lipinski definition) is 2. The van der Waals surface area contributed by atoms with E-state index in [9.17, 15) is 0 Å². The lowest BCUT2D eigenvalue weighted by Crippen LogP contribution is -2.00. The third-order valence-electron chi connectivity index (χ3n) is 3.50. The average Bonchev–Trinajstić information content (AvgIpc) is 3.01. The van der Waals surface area contributed by atoms with Gasteiger partial charge in [-0.3, -0.25) is 0 Å². The van der Waals surface area contributed by atoms with E-state index < -0.39 is 0 Å². The van der Waals surface area contributed by atoms with Crippen LogP contribution in [0.5, 0.6) is 5.75 Å². The minimum Gasteiger partial charge on any atom is -0.494 e. The van der Waals surface area contributed by atoms with Gasteiger partial charge in [-0.2, -0.15) is 0 Å². The van der Waals surface area contributed by atoms with Crippen molar-refractivity contribution in [3.8, 4) is 5.75 Å². The third kappa shape index (κ3) is 3.19. The van der Waals surface area contributed by atoms with Crippen molar-refractivity contribution in [1.29, 1.82) is 0 Å². The van der Waals surface area contributed by atoms with Crippen LogP contribution in [0.25, 0.3) is 10.9 Å². The standard InChI is InChI=1S/C18H20N2O/c1-2-12-21-16-8-6-15(7-9-16)20-13-14-4-3-5-18-17(14)10-11-19-18/h3-11,19-20H,2,12-13H2,1H3. The highest BCUT2D eigenvalue weighted by molar-refractivity contribution is 5.83. The van der Waals surface area contributed by atoms with E-state index in [4.69, 9.17) is 4.74 Å². The van der Waals surface area contributed by atoms with Crippen LogP contribution in [0.2, 0.25) is 0 Å². The predicted octanol–water partition coefficient (Wildman–Crippen LogP) is 4.57. The molecular weight excluding hydrogens is 260 g/mol. The molecule has 0 amide bonds. The molecule has 108 valence electrons. The summed E-state index contributed by atoms with van der Waals surface area (Å²) in [7, 11) is 0. The third-order valence-corrected chi connectivity index (χ3v) is 3.50. The van der Waals surface area contributed by atoms with Crippen molar-refractivity contribution >= 4 is 16.6 Å². The van der Waals surface area contributed by atoms with Crippen molar-refractivity contribution in [2.75, 3.05) is 11.9 Å². The normalized spacial score (nSPS) is 10.7. The molecule has 0 fully saturated rings. The summed E-state index contributed by atoms with van der Waals surface area (Å²) in [6, 6.07) is 16.6. The minimum atomic E-state index is 0.766. The van der Waals surface area contributed by atoms with E-state index in [0.717, 1.165) is 31.0 Å². The Kier molecular flexibility index (Phi) is 4.10. The van der Waals surface area contributed by atoms with Crippen LogP contribution in [-0.2, 0) is 6.54 Å². The van der Waals surface area contributed by atoms with Gasteiger partial charge in [0.2, 0.25) is 0 Å². The second kappa shape index (κ2) is 6.35. The second-order valence-corrected chi connectivity index (χ2v) is 5.08. The first-order valence-corrected chi connectivity index (χ1v) is 7.38. The van der Waals surface area contributed by atoms with Crippen molar-refractivity contribution in [3.63, 3.8) is 0 Å². The molecule has 3 aromatic rings. The van der Waals surface area contributed by atoms with Gasteiger partial charge in [-0.25, -0.2) is 0 Å². The average molecular weight is 280 g/mol. The van der Waals surface area contributed by atoms with E-state index >= 15 is 0 Å². The lowest BCUT2D eigenvalue weighted by atomic mass is 10.1. The van der Waals surface area contributed by atoms with Crippen molar-refractivity contribution in [1.82, 2.24) is 4.98 Å². The Balaban J connectivity index is 1.66. The van der Waals surface area contributed by atoms with Gasteiger partial charge in [-0.05, 0) is 48.4 Å². The van der Waals surface area contributed by atoms with Gasteiger partial charge in [0, 0.05) is 29.3 Å². The van der Waals surface area contributed by atoms with Gasteiger partial charge in [0.05, 0.1) is 6.61 Å².